The van der Waals surface area contributed by atoms with Crippen molar-refractivity contribution < 1.29 is 4.79 Å². The van der Waals surface area contributed by atoms with Crippen molar-refractivity contribution in [3.63, 3.8) is 0 Å². The third-order valence-electron chi connectivity index (χ3n) is 3.28. The average molecular weight is 206 g/mol. The van der Waals surface area contributed by atoms with Crippen molar-refractivity contribution in [2.75, 3.05) is 0 Å². The minimum absolute atomic E-state index is 0.216. The van der Waals surface area contributed by atoms with Gasteiger partial charge in [-0.25, -0.2) is 4.98 Å². The summed E-state index contributed by atoms with van der Waals surface area (Å²) in [7, 11) is 1.99. The fraction of sp³-hybridized carbons (Fsp3) is 0.667. The summed E-state index contributed by atoms with van der Waals surface area (Å²) >= 11 is 0. The first kappa shape index (κ1) is 10.4. The lowest BCUT2D eigenvalue weighted by Crippen LogP contribution is -2.17. The Morgan fingerprint density at radius 1 is 1.47 bits per heavy atom. The largest absolute Gasteiger partial charge is 0.338 e. The van der Waals surface area contributed by atoms with Crippen LogP contribution in [0.25, 0.3) is 0 Å². The van der Waals surface area contributed by atoms with Gasteiger partial charge in [-0.3, -0.25) is 4.79 Å². The Labute approximate surface area is 90.5 Å². The van der Waals surface area contributed by atoms with E-state index in [1.54, 1.807) is 6.20 Å². The van der Waals surface area contributed by atoms with Crippen LogP contribution >= 0.6 is 0 Å². The fourth-order valence-electron chi connectivity index (χ4n) is 2.26. The molecule has 1 heterocycles. The van der Waals surface area contributed by atoms with Crippen LogP contribution in [0.15, 0.2) is 12.4 Å². The fourth-order valence-corrected chi connectivity index (χ4v) is 2.26. The molecule has 0 aromatic carbocycles. The van der Waals surface area contributed by atoms with E-state index >= 15 is 0 Å². The Bertz CT molecular complexity index is 343. The number of aryl methyl sites for hydroxylation is 1. The summed E-state index contributed by atoms with van der Waals surface area (Å²) < 4.78 is 2.01. The van der Waals surface area contributed by atoms with Crippen molar-refractivity contribution in [3.8, 4) is 0 Å². The molecule has 1 saturated carbocycles. The van der Waals surface area contributed by atoms with Crippen molar-refractivity contribution in [3.05, 3.63) is 18.2 Å². The predicted molar refractivity (Wildman–Crippen MR) is 58.5 cm³/mol. The number of rotatable bonds is 2. The molecule has 1 fully saturated rings. The van der Waals surface area contributed by atoms with Crippen molar-refractivity contribution in [1.82, 2.24) is 9.55 Å². The minimum Gasteiger partial charge on any atom is -0.338 e. The maximum atomic E-state index is 11.8. The van der Waals surface area contributed by atoms with E-state index in [-0.39, 0.29) is 5.92 Å². The number of carbonyl (C=O) groups is 1. The van der Waals surface area contributed by atoms with Gasteiger partial charge in [0.05, 0.1) is 0 Å². The third-order valence-corrected chi connectivity index (χ3v) is 3.28. The summed E-state index contributed by atoms with van der Waals surface area (Å²) in [5, 5.41) is 0. The zero-order chi connectivity index (χ0) is 10.7. The van der Waals surface area contributed by atoms with Gasteiger partial charge in [-0.15, -0.1) is 0 Å². The highest BCUT2D eigenvalue weighted by Gasteiger charge is 2.22. The molecular formula is C12H18N2O. The molecule has 0 spiro atoms. The maximum Gasteiger partial charge on any atom is 0.136 e. The summed E-state index contributed by atoms with van der Waals surface area (Å²) in [6, 6.07) is 0. The van der Waals surface area contributed by atoms with Crippen molar-refractivity contribution in [1.29, 1.82) is 0 Å². The molecular weight excluding hydrogens is 188 g/mol. The van der Waals surface area contributed by atoms with Gasteiger partial charge >= 0.3 is 0 Å². The summed E-state index contributed by atoms with van der Waals surface area (Å²) in [5.41, 5.74) is 0. The van der Waals surface area contributed by atoms with Crippen LogP contribution in [0.4, 0.5) is 0 Å². The number of ketones is 1. The highest BCUT2D eigenvalue weighted by molar-refractivity contribution is 5.81. The van der Waals surface area contributed by atoms with E-state index < -0.39 is 0 Å². The van der Waals surface area contributed by atoms with Crippen LogP contribution in [0.2, 0.25) is 0 Å². The number of imidazole rings is 1. The molecule has 3 heteroatoms. The van der Waals surface area contributed by atoms with E-state index in [9.17, 15) is 4.79 Å². The van der Waals surface area contributed by atoms with E-state index in [1.807, 2.05) is 17.8 Å². The SMILES string of the molecule is Cn1ccnc1CC1CCCCCC1=O. The Hall–Kier alpha value is -1.12. The Morgan fingerprint density at radius 2 is 2.33 bits per heavy atom. The van der Waals surface area contributed by atoms with Crippen molar-refractivity contribution in [2.45, 2.75) is 38.5 Å². The van der Waals surface area contributed by atoms with Crippen LogP contribution in [0.1, 0.15) is 37.9 Å². The number of Topliss-reactive ketones (excluding diaryl/α,β-unsaturated/α-hetero) is 1. The number of aromatic nitrogens is 2. The molecule has 82 valence electrons. The number of nitrogens with zero attached hydrogens (tertiary/aromatic N) is 2. The number of carbonyl (C=O) groups excluding carboxylic acids is 1. The highest BCUT2D eigenvalue weighted by Crippen LogP contribution is 2.22. The van der Waals surface area contributed by atoms with Crippen molar-refractivity contribution >= 4 is 5.78 Å². The van der Waals surface area contributed by atoms with Gasteiger partial charge in [0.2, 0.25) is 0 Å². The second kappa shape index (κ2) is 4.60. The van der Waals surface area contributed by atoms with E-state index in [0.29, 0.717) is 5.78 Å². The Balaban J connectivity index is 2.03. The quantitative estimate of drug-likeness (QED) is 0.695. The smallest absolute Gasteiger partial charge is 0.136 e. The zero-order valence-electron chi connectivity index (χ0n) is 9.28. The molecule has 0 amide bonds. The number of hydrogen-bond acceptors (Lipinski definition) is 2. The molecule has 3 nitrogen and oxygen atoms in total. The zero-order valence-corrected chi connectivity index (χ0v) is 9.28. The molecule has 15 heavy (non-hydrogen) atoms. The van der Waals surface area contributed by atoms with Gasteiger partial charge in [-0.2, -0.15) is 0 Å². The molecule has 1 unspecified atom stereocenters. The lowest BCUT2D eigenvalue weighted by Gasteiger charge is -2.12. The molecule has 0 N–H and O–H groups in total. The molecule has 2 rings (SSSR count). The topological polar surface area (TPSA) is 34.9 Å². The summed E-state index contributed by atoms with van der Waals surface area (Å²) in [6.07, 6.45) is 9.87. The molecule has 1 atom stereocenters. The average Bonchev–Trinajstić information content (AvgIpc) is 2.50. The van der Waals surface area contributed by atoms with Gasteiger partial charge in [0.1, 0.15) is 11.6 Å². The van der Waals surface area contributed by atoms with Crippen molar-refractivity contribution in [2.24, 2.45) is 13.0 Å². The van der Waals surface area contributed by atoms with E-state index in [1.165, 1.54) is 12.8 Å². The third kappa shape index (κ3) is 2.46. The standard InChI is InChI=1S/C12H18N2O/c1-14-8-7-13-12(14)9-10-5-3-2-4-6-11(10)15/h7-8,10H,2-6,9H2,1H3. The number of hydrogen-bond donors (Lipinski definition) is 0. The van der Waals surface area contributed by atoms with Crippen LogP contribution in [-0.2, 0) is 18.3 Å². The predicted octanol–water partition coefficient (Wildman–Crippen LogP) is 2.11. The maximum absolute atomic E-state index is 11.8. The van der Waals surface area contributed by atoms with E-state index in [4.69, 9.17) is 0 Å². The summed E-state index contributed by atoms with van der Waals surface area (Å²) in [4.78, 5) is 16.1. The Kier molecular flexibility index (Phi) is 3.19. The van der Waals surface area contributed by atoms with Gasteiger partial charge in [-0.1, -0.05) is 12.8 Å². The minimum atomic E-state index is 0.216. The monoisotopic (exact) mass is 206 g/mol. The van der Waals surface area contributed by atoms with E-state index in [0.717, 1.165) is 31.5 Å². The van der Waals surface area contributed by atoms with Crippen LogP contribution < -0.4 is 0 Å². The Morgan fingerprint density at radius 3 is 3.07 bits per heavy atom. The van der Waals surface area contributed by atoms with Gasteiger partial charge < -0.3 is 4.57 Å². The van der Waals surface area contributed by atoms with Gasteiger partial charge in [-0.05, 0) is 12.8 Å². The van der Waals surface area contributed by atoms with Crippen LogP contribution in [0.5, 0.6) is 0 Å². The van der Waals surface area contributed by atoms with E-state index in [2.05, 4.69) is 4.98 Å². The molecule has 0 saturated heterocycles. The molecule has 0 bridgehead atoms. The molecule has 1 aliphatic carbocycles. The van der Waals surface area contributed by atoms with Gasteiger partial charge in [0.25, 0.3) is 0 Å². The lowest BCUT2D eigenvalue weighted by atomic mass is 9.95. The summed E-state index contributed by atoms with van der Waals surface area (Å²) in [5.74, 6) is 1.69. The molecule has 1 aliphatic rings. The molecule has 0 radical (unpaired) electrons. The second-order valence-electron chi connectivity index (χ2n) is 4.42. The highest BCUT2D eigenvalue weighted by atomic mass is 16.1. The molecule has 0 aliphatic heterocycles. The molecule has 1 aromatic rings. The van der Waals surface area contributed by atoms with Crippen LogP contribution in [0.3, 0.4) is 0 Å². The van der Waals surface area contributed by atoms with Crippen LogP contribution in [0, 0.1) is 5.92 Å². The molecule has 1 aromatic heterocycles. The lowest BCUT2D eigenvalue weighted by molar-refractivity contribution is -0.122. The van der Waals surface area contributed by atoms with Gasteiger partial charge in [0.15, 0.2) is 0 Å². The second-order valence-corrected chi connectivity index (χ2v) is 4.42. The van der Waals surface area contributed by atoms with Gasteiger partial charge in [0, 0.05) is 38.2 Å². The summed E-state index contributed by atoms with van der Waals surface area (Å²) in [6.45, 7) is 0. The first-order valence-corrected chi connectivity index (χ1v) is 5.76. The first-order chi connectivity index (χ1) is 7.27. The normalized spacial score (nSPS) is 22.7. The first-order valence-electron chi connectivity index (χ1n) is 5.76. The van der Waals surface area contributed by atoms with Crippen LogP contribution in [-0.4, -0.2) is 15.3 Å².